The van der Waals surface area contributed by atoms with Crippen molar-refractivity contribution >= 4 is 0 Å². The van der Waals surface area contributed by atoms with Crippen LogP contribution in [0.25, 0.3) is 0 Å². The van der Waals surface area contributed by atoms with Gasteiger partial charge >= 0.3 is 0 Å². The zero-order valence-corrected chi connectivity index (χ0v) is 8.67. The fourth-order valence-electron chi connectivity index (χ4n) is 2.80. The molecule has 2 rings (SSSR count). The van der Waals surface area contributed by atoms with Crippen LogP contribution in [0.5, 0.6) is 0 Å². The molecule has 2 heterocycles. The van der Waals surface area contributed by atoms with Crippen molar-refractivity contribution in [3.63, 3.8) is 0 Å². The molecule has 76 valence electrons. The van der Waals surface area contributed by atoms with Gasteiger partial charge in [-0.05, 0) is 44.7 Å². The highest BCUT2D eigenvalue weighted by molar-refractivity contribution is 4.81. The van der Waals surface area contributed by atoms with Gasteiger partial charge < -0.3 is 9.64 Å². The number of hydrogen-bond acceptors (Lipinski definition) is 2. The molecule has 0 spiro atoms. The van der Waals surface area contributed by atoms with Crippen LogP contribution in [0.3, 0.4) is 0 Å². The van der Waals surface area contributed by atoms with E-state index in [1.807, 2.05) is 7.11 Å². The van der Waals surface area contributed by atoms with E-state index in [4.69, 9.17) is 4.74 Å². The van der Waals surface area contributed by atoms with E-state index in [0.717, 1.165) is 5.92 Å². The van der Waals surface area contributed by atoms with Crippen LogP contribution in [-0.4, -0.2) is 37.7 Å². The molecule has 2 aliphatic heterocycles. The Kier molecular flexibility index (Phi) is 3.23. The van der Waals surface area contributed by atoms with Gasteiger partial charge in [-0.1, -0.05) is 6.42 Å². The molecule has 0 aromatic rings. The standard InChI is InChI=1S/C11H21NO/c1-13-11-9-12-7-3-2-5-10(11)6-4-8-12/h10-11H,2-9H2,1H3. The van der Waals surface area contributed by atoms with Crippen LogP contribution >= 0.6 is 0 Å². The van der Waals surface area contributed by atoms with Crippen molar-refractivity contribution in [1.82, 2.24) is 4.90 Å². The van der Waals surface area contributed by atoms with Gasteiger partial charge in [0.05, 0.1) is 6.10 Å². The van der Waals surface area contributed by atoms with Crippen LogP contribution in [0.15, 0.2) is 0 Å². The van der Waals surface area contributed by atoms with Gasteiger partial charge in [-0.3, -0.25) is 0 Å². The molecule has 0 amide bonds. The summed E-state index contributed by atoms with van der Waals surface area (Å²) in [6.45, 7) is 3.78. The molecule has 3 atom stereocenters. The Morgan fingerprint density at radius 3 is 2.69 bits per heavy atom. The largest absolute Gasteiger partial charge is 0.380 e. The molecule has 3 unspecified atom stereocenters. The predicted octanol–water partition coefficient (Wildman–Crippen LogP) is 1.90. The molecule has 0 aromatic heterocycles. The number of rotatable bonds is 1. The summed E-state index contributed by atoms with van der Waals surface area (Å²) in [4.78, 5) is 2.59. The zero-order valence-electron chi connectivity index (χ0n) is 8.67. The summed E-state index contributed by atoms with van der Waals surface area (Å²) in [5.41, 5.74) is 0. The summed E-state index contributed by atoms with van der Waals surface area (Å²) in [6, 6.07) is 0. The summed E-state index contributed by atoms with van der Waals surface area (Å²) >= 11 is 0. The Morgan fingerprint density at radius 1 is 1.08 bits per heavy atom. The number of methoxy groups -OCH3 is 1. The minimum Gasteiger partial charge on any atom is -0.380 e. The summed E-state index contributed by atoms with van der Waals surface area (Å²) in [6.07, 6.45) is 7.47. The zero-order chi connectivity index (χ0) is 9.10. The molecule has 0 aliphatic carbocycles. The van der Waals surface area contributed by atoms with E-state index in [9.17, 15) is 0 Å². The Balaban J connectivity index is 2.05. The lowest BCUT2D eigenvalue weighted by Gasteiger charge is -2.30. The lowest BCUT2D eigenvalue weighted by Crippen LogP contribution is -2.37. The average Bonchev–Trinajstić information content (AvgIpc) is 2.22. The monoisotopic (exact) mass is 183 g/mol. The fourth-order valence-corrected chi connectivity index (χ4v) is 2.80. The third-order valence-corrected chi connectivity index (χ3v) is 3.62. The van der Waals surface area contributed by atoms with Crippen LogP contribution < -0.4 is 0 Å². The molecule has 0 saturated carbocycles. The van der Waals surface area contributed by atoms with Gasteiger partial charge in [-0.2, -0.15) is 0 Å². The van der Waals surface area contributed by atoms with Crippen molar-refractivity contribution in [1.29, 1.82) is 0 Å². The van der Waals surface area contributed by atoms with Crippen molar-refractivity contribution in [3.05, 3.63) is 0 Å². The molecule has 2 saturated heterocycles. The maximum absolute atomic E-state index is 5.60. The van der Waals surface area contributed by atoms with Crippen molar-refractivity contribution < 1.29 is 4.74 Å². The molecule has 2 nitrogen and oxygen atoms in total. The first-order valence-corrected chi connectivity index (χ1v) is 5.65. The number of fused-ring (bicyclic) bond motifs is 3. The summed E-state index contributed by atoms with van der Waals surface area (Å²) in [5.74, 6) is 0.843. The first-order valence-electron chi connectivity index (χ1n) is 5.65. The van der Waals surface area contributed by atoms with E-state index in [1.54, 1.807) is 0 Å². The molecule has 2 heteroatoms. The number of nitrogens with zero attached hydrogens (tertiary/aromatic N) is 1. The van der Waals surface area contributed by atoms with Gasteiger partial charge in [0.15, 0.2) is 0 Å². The van der Waals surface area contributed by atoms with Gasteiger partial charge in [0.25, 0.3) is 0 Å². The number of ether oxygens (including phenoxy) is 1. The van der Waals surface area contributed by atoms with E-state index in [2.05, 4.69) is 4.90 Å². The molecule has 2 fully saturated rings. The Hall–Kier alpha value is -0.0800. The van der Waals surface area contributed by atoms with E-state index in [0.29, 0.717) is 6.10 Å². The van der Waals surface area contributed by atoms with Crippen molar-refractivity contribution in [2.75, 3.05) is 26.7 Å². The van der Waals surface area contributed by atoms with Crippen molar-refractivity contribution in [2.24, 2.45) is 5.92 Å². The topological polar surface area (TPSA) is 12.5 Å². The lowest BCUT2D eigenvalue weighted by molar-refractivity contribution is 0.0220. The summed E-state index contributed by atoms with van der Waals surface area (Å²) < 4.78 is 5.60. The van der Waals surface area contributed by atoms with Crippen LogP contribution in [-0.2, 0) is 4.74 Å². The fraction of sp³-hybridized carbons (Fsp3) is 1.00. The second-order valence-electron chi connectivity index (χ2n) is 4.47. The molecule has 0 radical (unpaired) electrons. The Morgan fingerprint density at radius 2 is 1.85 bits per heavy atom. The van der Waals surface area contributed by atoms with Crippen molar-refractivity contribution in [2.45, 2.75) is 38.2 Å². The van der Waals surface area contributed by atoms with E-state index in [1.165, 1.54) is 51.7 Å². The van der Waals surface area contributed by atoms with Gasteiger partial charge in [0.2, 0.25) is 0 Å². The normalized spacial score (nSPS) is 40.8. The minimum atomic E-state index is 0.516. The second-order valence-corrected chi connectivity index (χ2v) is 4.47. The predicted molar refractivity (Wildman–Crippen MR) is 53.8 cm³/mol. The summed E-state index contributed by atoms with van der Waals surface area (Å²) in [5, 5.41) is 0. The summed E-state index contributed by atoms with van der Waals surface area (Å²) in [7, 11) is 1.88. The molecular formula is C11H21NO. The molecule has 2 aliphatic rings. The minimum absolute atomic E-state index is 0.516. The SMILES string of the molecule is COC1CN2CCCCC1CCC2. The van der Waals surface area contributed by atoms with Gasteiger partial charge in [-0.15, -0.1) is 0 Å². The van der Waals surface area contributed by atoms with E-state index < -0.39 is 0 Å². The molecule has 0 aromatic carbocycles. The highest BCUT2D eigenvalue weighted by Gasteiger charge is 2.28. The van der Waals surface area contributed by atoms with Gasteiger partial charge in [-0.25, -0.2) is 0 Å². The van der Waals surface area contributed by atoms with Gasteiger partial charge in [0, 0.05) is 13.7 Å². The van der Waals surface area contributed by atoms with Crippen LogP contribution in [0.1, 0.15) is 32.1 Å². The Bertz CT molecular complexity index is 156. The second kappa shape index (κ2) is 4.43. The maximum atomic E-state index is 5.60. The smallest absolute Gasteiger partial charge is 0.0726 e. The first-order chi connectivity index (χ1) is 6.40. The van der Waals surface area contributed by atoms with Gasteiger partial charge in [0.1, 0.15) is 0 Å². The van der Waals surface area contributed by atoms with E-state index in [-0.39, 0.29) is 0 Å². The molecule has 13 heavy (non-hydrogen) atoms. The quantitative estimate of drug-likeness (QED) is 0.615. The molecule has 0 N–H and O–H groups in total. The average molecular weight is 183 g/mol. The van der Waals surface area contributed by atoms with Crippen LogP contribution in [0, 0.1) is 5.92 Å². The Labute approximate surface area is 81.3 Å². The molecular weight excluding hydrogens is 162 g/mol. The highest BCUT2D eigenvalue weighted by Crippen LogP contribution is 2.27. The third kappa shape index (κ3) is 2.23. The third-order valence-electron chi connectivity index (χ3n) is 3.62. The maximum Gasteiger partial charge on any atom is 0.0726 e. The molecule has 2 bridgehead atoms. The van der Waals surface area contributed by atoms with E-state index >= 15 is 0 Å². The van der Waals surface area contributed by atoms with Crippen LogP contribution in [0.2, 0.25) is 0 Å². The van der Waals surface area contributed by atoms with Crippen molar-refractivity contribution in [3.8, 4) is 0 Å². The van der Waals surface area contributed by atoms with Crippen LogP contribution in [0.4, 0.5) is 0 Å². The lowest BCUT2D eigenvalue weighted by atomic mass is 9.91. The number of hydrogen-bond donors (Lipinski definition) is 0. The first kappa shape index (κ1) is 9.47. The highest BCUT2D eigenvalue weighted by atomic mass is 16.5.